The number of hydrogen-bond donors (Lipinski definition) is 2. The summed E-state index contributed by atoms with van der Waals surface area (Å²) in [5.74, 6) is 0.244. The minimum atomic E-state index is -0.393. The van der Waals surface area contributed by atoms with E-state index in [4.69, 9.17) is 0 Å². The van der Waals surface area contributed by atoms with Crippen molar-refractivity contribution in [3.05, 3.63) is 82.0 Å². The van der Waals surface area contributed by atoms with Crippen molar-refractivity contribution in [3.8, 4) is 0 Å². The van der Waals surface area contributed by atoms with Crippen LogP contribution in [0, 0.1) is 6.92 Å². The van der Waals surface area contributed by atoms with Crippen molar-refractivity contribution in [2.75, 3.05) is 5.32 Å². The lowest BCUT2D eigenvalue weighted by Crippen LogP contribution is -2.30. The van der Waals surface area contributed by atoms with Crippen LogP contribution in [0.3, 0.4) is 0 Å². The third-order valence-electron chi connectivity index (χ3n) is 4.48. The van der Waals surface area contributed by atoms with E-state index in [1.165, 1.54) is 6.92 Å². The van der Waals surface area contributed by atoms with Gasteiger partial charge < -0.3 is 10.6 Å². The van der Waals surface area contributed by atoms with Crippen LogP contribution in [-0.4, -0.2) is 21.6 Å². The Morgan fingerprint density at radius 2 is 1.76 bits per heavy atom. The summed E-state index contributed by atoms with van der Waals surface area (Å²) < 4.78 is 2.75. The molecule has 1 heterocycles. The molecule has 2 N–H and O–H groups in total. The molecule has 0 bridgehead atoms. The van der Waals surface area contributed by atoms with E-state index in [1.807, 2.05) is 55.5 Å². The summed E-state index contributed by atoms with van der Waals surface area (Å²) in [5.41, 5.74) is 3.09. The van der Waals surface area contributed by atoms with Crippen LogP contribution in [0.2, 0.25) is 0 Å². The van der Waals surface area contributed by atoms with Gasteiger partial charge in [-0.05, 0) is 30.2 Å². The van der Waals surface area contributed by atoms with Gasteiger partial charge in [-0.3, -0.25) is 9.59 Å². The van der Waals surface area contributed by atoms with E-state index in [9.17, 15) is 9.59 Å². The molecule has 2 amide bonds. The SMILES string of the molecule is CC(=O)NC(CC(=O)Nc1ccnn1Cc1ccc(Br)cc1)c1ccc(C)cc1. The summed E-state index contributed by atoms with van der Waals surface area (Å²) in [6, 6.07) is 17.1. The predicted molar refractivity (Wildman–Crippen MR) is 116 cm³/mol. The first-order valence-corrected chi connectivity index (χ1v) is 10.1. The van der Waals surface area contributed by atoms with Gasteiger partial charge in [0.1, 0.15) is 5.82 Å². The number of rotatable bonds is 7. The third-order valence-corrected chi connectivity index (χ3v) is 5.01. The molecule has 0 fully saturated rings. The molecule has 0 aliphatic heterocycles. The molecule has 1 aromatic heterocycles. The van der Waals surface area contributed by atoms with Gasteiger partial charge in [0.15, 0.2) is 0 Å². The van der Waals surface area contributed by atoms with Crippen molar-refractivity contribution in [1.29, 1.82) is 0 Å². The summed E-state index contributed by atoms with van der Waals surface area (Å²) in [7, 11) is 0. The Labute approximate surface area is 178 Å². The molecule has 0 spiro atoms. The molecule has 7 heteroatoms. The van der Waals surface area contributed by atoms with Crippen LogP contribution in [-0.2, 0) is 16.1 Å². The number of nitrogens with zero attached hydrogens (tertiary/aromatic N) is 2. The zero-order valence-corrected chi connectivity index (χ0v) is 17.9. The molecule has 0 aliphatic carbocycles. The van der Waals surface area contributed by atoms with Crippen molar-refractivity contribution in [1.82, 2.24) is 15.1 Å². The van der Waals surface area contributed by atoms with Crippen molar-refractivity contribution in [2.45, 2.75) is 32.9 Å². The second-order valence-corrected chi connectivity index (χ2v) is 7.83. The van der Waals surface area contributed by atoms with Gasteiger partial charge in [0.05, 0.1) is 25.2 Å². The maximum atomic E-state index is 12.7. The lowest BCUT2D eigenvalue weighted by Gasteiger charge is -2.18. The lowest BCUT2D eigenvalue weighted by atomic mass is 10.0. The highest BCUT2D eigenvalue weighted by atomic mass is 79.9. The Morgan fingerprint density at radius 1 is 1.07 bits per heavy atom. The molecule has 2 aromatic carbocycles. The van der Waals surface area contributed by atoms with Gasteiger partial charge in [0.2, 0.25) is 11.8 Å². The summed E-state index contributed by atoms with van der Waals surface area (Å²) in [4.78, 5) is 24.3. The van der Waals surface area contributed by atoms with Gasteiger partial charge in [0, 0.05) is 17.5 Å². The number of anilines is 1. The summed E-state index contributed by atoms with van der Waals surface area (Å²) >= 11 is 3.42. The zero-order valence-electron chi connectivity index (χ0n) is 16.4. The number of nitrogens with one attached hydrogen (secondary N) is 2. The van der Waals surface area contributed by atoms with E-state index >= 15 is 0 Å². The van der Waals surface area contributed by atoms with Crippen LogP contribution in [0.4, 0.5) is 5.82 Å². The van der Waals surface area contributed by atoms with Crippen LogP contribution in [0.25, 0.3) is 0 Å². The van der Waals surface area contributed by atoms with E-state index in [0.29, 0.717) is 12.4 Å². The largest absolute Gasteiger partial charge is 0.349 e. The number of carbonyl (C=O) groups is 2. The van der Waals surface area contributed by atoms with Gasteiger partial charge >= 0.3 is 0 Å². The topological polar surface area (TPSA) is 76.0 Å². The summed E-state index contributed by atoms with van der Waals surface area (Å²) in [5, 5.41) is 10.1. The highest BCUT2D eigenvalue weighted by Crippen LogP contribution is 2.19. The molecule has 0 aliphatic rings. The van der Waals surface area contributed by atoms with Gasteiger partial charge in [-0.1, -0.05) is 57.9 Å². The van der Waals surface area contributed by atoms with Crippen LogP contribution >= 0.6 is 15.9 Å². The molecule has 1 unspecified atom stereocenters. The molecule has 3 rings (SSSR count). The number of hydrogen-bond acceptors (Lipinski definition) is 3. The monoisotopic (exact) mass is 454 g/mol. The van der Waals surface area contributed by atoms with Gasteiger partial charge in [-0.15, -0.1) is 0 Å². The van der Waals surface area contributed by atoms with Crippen LogP contribution < -0.4 is 10.6 Å². The summed E-state index contributed by atoms with van der Waals surface area (Å²) in [6.07, 6.45) is 1.78. The van der Waals surface area contributed by atoms with Gasteiger partial charge in [-0.2, -0.15) is 5.10 Å². The van der Waals surface area contributed by atoms with E-state index in [-0.39, 0.29) is 18.2 Å². The van der Waals surface area contributed by atoms with Crippen molar-refractivity contribution in [2.24, 2.45) is 0 Å². The molecule has 29 heavy (non-hydrogen) atoms. The second kappa shape index (κ2) is 9.52. The minimum absolute atomic E-state index is 0.131. The number of aromatic nitrogens is 2. The Bertz CT molecular complexity index is 981. The average molecular weight is 455 g/mol. The van der Waals surface area contributed by atoms with Crippen molar-refractivity contribution >= 4 is 33.6 Å². The molecule has 3 aromatic rings. The predicted octanol–water partition coefficient (Wildman–Crippen LogP) is 4.21. The Kier molecular flexibility index (Phi) is 6.82. The molecule has 0 saturated heterocycles. The number of benzene rings is 2. The van der Waals surface area contributed by atoms with Crippen LogP contribution in [0.1, 0.15) is 36.1 Å². The number of halogens is 1. The lowest BCUT2D eigenvalue weighted by molar-refractivity contribution is -0.120. The molecule has 0 saturated carbocycles. The first-order valence-electron chi connectivity index (χ1n) is 9.30. The van der Waals surface area contributed by atoms with Gasteiger partial charge in [0.25, 0.3) is 0 Å². The number of amides is 2. The Morgan fingerprint density at radius 3 is 2.41 bits per heavy atom. The Balaban J connectivity index is 1.69. The first kappa shape index (κ1) is 20.8. The molecule has 1 atom stereocenters. The van der Waals surface area contributed by atoms with Crippen LogP contribution in [0.15, 0.2) is 65.3 Å². The summed E-state index contributed by atoms with van der Waals surface area (Å²) in [6.45, 7) is 3.99. The second-order valence-electron chi connectivity index (χ2n) is 6.92. The molecule has 150 valence electrons. The maximum Gasteiger partial charge on any atom is 0.227 e. The fourth-order valence-corrected chi connectivity index (χ4v) is 3.27. The highest BCUT2D eigenvalue weighted by Gasteiger charge is 2.18. The van der Waals surface area contributed by atoms with E-state index in [0.717, 1.165) is 21.2 Å². The van der Waals surface area contributed by atoms with E-state index in [1.54, 1.807) is 16.9 Å². The Hall–Kier alpha value is -2.93. The van der Waals surface area contributed by atoms with E-state index < -0.39 is 6.04 Å². The fourth-order valence-electron chi connectivity index (χ4n) is 3.00. The molecular formula is C22H23BrN4O2. The van der Waals surface area contributed by atoms with Gasteiger partial charge in [-0.25, -0.2) is 4.68 Å². The van der Waals surface area contributed by atoms with Crippen molar-refractivity contribution < 1.29 is 9.59 Å². The van der Waals surface area contributed by atoms with E-state index in [2.05, 4.69) is 31.7 Å². The minimum Gasteiger partial charge on any atom is -0.349 e. The fraction of sp³-hybridized carbons (Fsp3) is 0.227. The first-order chi connectivity index (χ1) is 13.9. The average Bonchev–Trinajstić information content (AvgIpc) is 3.10. The third kappa shape index (κ3) is 6.02. The molecule has 6 nitrogen and oxygen atoms in total. The number of aryl methyl sites for hydroxylation is 1. The zero-order chi connectivity index (χ0) is 20.8. The van der Waals surface area contributed by atoms with Crippen molar-refractivity contribution in [3.63, 3.8) is 0 Å². The standard InChI is InChI=1S/C22H23BrN4O2/c1-15-3-7-18(8-4-15)20(25-16(2)28)13-22(29)26-21-11-12-24-27(21)14-17-5-9-19(23)10-6-17/h3-12,20H,13-14H2,1-2H3,(H,25,28)(H,26,29). The quantitative estimate of drug-likeness (QED) is 0.561. The molecular weight excluding hydrogens is 432 g/mol. The number of carbonyl (C=O) groups excluding carboxylic acids is 2. The highest BCUT2D eigenvalue weighted by molar-refractivity contribution is 9.10. The molecule has 0 radical (unpaired) electrons. The van der Waals surface area contributed by atoms with Crippen LogP contribution in [0.5, 0.6) is 0 Å². The smallest absolute Gasteiger partial charge is 0.227 e. The normalized spacial score (nSPS) is 11.7. The maximum absolute atomic E-state index is 12.7.